The van der Waals surface area contributed by atoms with Crippen molar-refractivity contribution in [1.82, 2.24) is 15.1 Å². The fraction of sp³-hybridized carbons (Fsp3) is 0.214. The Labute approximate surface area is 219 Å². The van der Waals surface area contributed by atoms with Crippen molar-refractivity contribution in [2.45, 2.75) is 19.4 Å². The first-order chi connectivity index (χ1) is 18.0. The van der Waals surface area contributed by atoms with Crippen LogP contribution in [0.15, 0.2) is 78.9 Å². The molecule has 2 amide bonds. The van der Waals surface area contributed by atoms with E-state index >= 15 is 0 Å². The molecule has 37 heavy (non-hydrogen) atoms. The number of para-hydroxylation sites is 1. The van der Waals surface area contributed by atoms with Gasteiger partial charge in [-0.3, -0.25) is 9.59 Å². The highest BCUT2D eigenvalue weighted by Crippen LogP contribution is 2.29. The van der Waals surface area contributed by atoms with Crippen LogP contribution in [0.3, 0.4) is 0 Å². The second-order valence-corrected chi connectivity index (χ2v) is 9.21. The molecule has 0 fully saturated rings. The number of ether oxygens (including phenoxy) is 2. The number of nitrogens with one attached hydrogen (secondary N) is 1. The average Bonchev–Trinajstić information content (AvgIpc) is 3.41. The van der Waals surface area contributed by atoms with Crippen molar-refractivity contribution in [3.05, 3.63) is 90.0 Å². The first-order valence-electron chi connectivity index (χ1n) is 11.8. The number of hydrogen-bond acceptors (Lipinski definition) is 7. The summed E-state index contributed by atoms with van der Waals surface area (Å²) in [5.41, 5.74) is 2.26. The van der Waals surface area contributed by atoms with E-state index in [2.05, 4.69) is 15.5 Å². The largest absolute Gasteiger partial charge is 0.497 e. The number of hydrogen-bond donors (Lipinski definition) is 1. The van der Waals surface area contributed by atoms with Crippen molar-refractivity contribution in [2.75, 3.05) is 26.1 Å². The normalized spacial score (nSPS) is 11.4. The van der Waals surface area contributed by atoms with Gasteiger partial charge in [0, 0.05) is 18.5 Å². The zero-order chi connectivity index (χ0) is 26.2. The number of methoxy groups -OCH3 is 2. The molecular weight excluding hydrogens is 488 g/mol. The molecule has 8 nitrogen and oxygen atoms in total. The van der Waals surface area contributed by atoms with Crippen molar-refractivity contribution in [3.63, 3.8) is 0 Å². The van der Waals surface area contributed by atoms with Crippen molar-refractivity contribution >= 4 is 28.3 Å². The fourth-order valence-electron chi connectivity index (χ4n) is 3.91. The lowest BCUT2D eigenvalue weighted by Gasteiger charge is -2.30. The molecule has 0 radical (unpaired) electrons. The van der Waals surface area contributed by atoms with E-state index in [9.17, 15) is 9.59 Å². The molecule has 190 valence electrons. The summed E-state index contributed by atoms with van der Waals surface area (Å²) >= 11 is 1.27. The molecular formula is C28H28N4O4S. The predicted molar refractivity (Wildman–Crippen MR) is 144 cm³/mol. The SMILES string of the molecule is COc1cccc(-c2nnc(NC(=O)CCN(C(=O)c3ccccc3OC)[C@@H](C)c3ccccc3)s2)c1. The van der Waals surface area contributed by atoms with Crippen molar-refractivity contribution in [3.8, 4) is 22.1 Å². The number of amides is 2. The van der Waals surface area contributed by atoms with Crippen LogP contribution in [0.25, 0.3) is 10.6 Å². The van der Waals surface area contributed by atoms with Gasteiger partial charge >= 0.3 is 0 Å². The molecule has 0 saturated carbocycles. The maximum atomic E-state index is 13.6. The Hall–Kier alpha value is -4.24. The molecule has 1 N–H and O–H groups in total. The van der Waals surface area contributed by atoms with Gasteiger partial charge in [-0.15, -0.1) is 10.2 Å². The highest BCUT2D eigenvalue weighted by atomic mass is 32.1. The van der Waals surface area contributed by atoms with E-state index in [1.54, 1.807) is 30.2 Å². The highest BCUT2D eigenvalue weighted by Gasteiger charge is 2.26. The molecule has 0 aliphatic carbocycles. The van der Waals surface area contributed by atoms with E-state index in [1.807, 2.05) is 67.6 Å². The number of rotatable bonds is 10. The van der Waals surface area contributed by atoms with Gasteiger partial charge in [-0.25, -0.2) is 0 Å². The molecule has 0 spiro atoms. The van der Waals surface area contributed by atoms with Gasteiger partial charge < -0.3 is 19.7 Å². The third kappa shape index (κ3) is 6.31. The number of carbonyl (C=O) groups excluding carboxylic acids is 2. The standard InChI is InChI=1S/C28H28N4O4S/c1-19(20-10-5-4-6-11-20)32(27(34)23-14-7-8-15-24(23)36-3)17-16-25(33)29-28-31-30-26(37-28)21-12-9-13-22(18-21)35-2/h4-15,18-19H,16-17H2,1-3H3,(H,29,31,33)/t19-/m0/s1. The van der Waals surface area contributed by atoms with Crippen LogP contribution < -0.4 is 14.8 Å². The van der Waals surface area contributed by atoms with Crippen LogP contribution >= 0.6 is 11.3 Å². The van der Waals surface area contributed by atoms with E-state index in [1.165, 1.54) is 18.4 Å². The zero-order valence-corrected chi connectivity index (χ0v) is 21.7. The molecule has 1 aromatic heterocycles. The number of carbonyl (C=O) groups is 2. The molecule has 4 rings (SSSR count). The zero-order valence-electron chi connectivity index (χ0n) is 20.9. The third-order valence-electron chi connectivity index (χ3n) is 5.92. The average molecular weight is 517 g/mol. The maximum Gasteiger partial charge on any atom is 0.258 e. The number of benzene rings is 3. The summed E-state index contributed by atoms with van der Waals surface area (Å²) in [5, 5.41) is 12.2. The van der Waals surface area contributed by atoms with Crippen LogP contribution in [-0.4, -0.2) is 47.7 Å². The van der Waals surface area contributed by atoms with E-state index in [-0.39, 0.29) is 30.8 Å². The van der Waals surface area contributed by atoms with Crippen molar-refractivity contribution < 1.29 is 19.1 Å². The minimum absolute atomic E-state index is 0.0894. The van der Waals surface area contributed by atoms with Crippen LogP contribution in [0.5, 0.6) is 11.5 Å². The molecule has 1 heterocycles. The third-order valence-corrected chi connectivity index (χ3v) is 6.80. The predicted octanol–water partition coefficient (Wildman–Crippen LogP) is 5.45. The van der Waals surface area contributed by atoms with Crippen LogP contribution in [-0.2, 0) is 4.79 Å². The Morgan fingerprint density at radius 1 is 0.946 bits per heavy atom. The van der Waals surface area contributed by atoms with Gasteiger partial charge in [0.25, 0.3) is 5.91 Å². The molecule has 0 aliphatic heterocycles. The fourth-order valence-corrected chi connectivity index (χ4v) is 4.67. The van der Waals surface area contributed by atoms with Crippen molar-refractivity contribution in [1.29, 1.82) is 0 Å². The molecule has 0 bridgehead atoms. The van der Waals surface area contributed by atoms with Gasteiger partial charge in [-0.2, -0.15) is 0 Å². The maximum absolute atomic E-state index is 13.6. The van der Waals surface area contributed by atoms with Gasteiger partial charge in [0.05, 0.1) is 25.8 Å². The van der Waals surface area contributed by atoms with Crippen LogP contribution in [0.4, 0.5) is 5.13 Å². The Balaban J connectivity index is 1.48. The van der Waals surface area contributed by atoms with Crippen LogP contribution in [0.1, 0.15) is 35.3 Å². The summed E-state index contributed by atoms with van der Waals surface area (Å²) < 4.78 is 10.7. The topological polar surface area (TPSA) is 93.7 Å². The number of nitrogens with zero attached hydrogens (tertiary/aromatic N) is 3. The summed E-state index contributed by atoms with van der Waals surface area (Å²) in [5.74, 6) is 0.732. The van der Waals surface area contributed by atoms with Gasteiger partial charge in [-0.05, 0) is 36.8 Å². The lowest BCUT2D eigenvalue weighted by atomic mass is 10.0. The summed E-state index contributed by atoms with van der Waals surface area (Å²) in [7, 11) is 3.14. The first kappa shape index (κ1) is 25.8. The Kier molecular flexibility index (Phi) is 8.48. The minimum Gasteiger partial charge on any atom is -0.497 e. The second kappa shape index (κ2) is 12.1. The first-order valence-corrected chi connectivity index (χ1v) is 12.6. The van der Waals surface area contributed by atoms with Gasteiger partial charge in [0.2, 0.25) is 11.0 Å². The molecule has 0 unspecified atom stereocenters. The van der Waals surface area contributed by atoms with Gasteiger partial charge in [0.1, 0.15) is 16.5 Å². The van der Waals surface area contributed by atoms with Gasteiger partial charge in [-0.1, -0.05) is 65.9 Å². The lowest BCUT2D eigenvalue weighted by molar-refractivity contribution is -0.116. The summed E-state index contributed by atoms with van der Waals surface area (Å²) in [6.07, 6.45) is 0.0894. The molecule has 0 saturated heterocycles. The van der Waals surface area contributed by atoms with Crippen molar-refractivity contribution in [2.24, 2.45) is 0 Å². The molecule has 0 aliphatic rings. The summed E-state index contributed by atoms with van der Waals surface area (Å²) in [6.45, 7) is 2.16. The molecule has 3 aromatic carbocycles. The second-order valence-electron chi connectivity index (χ2n) is 8.23. The van der Waals surface area contributed by atoms with E-state index in [4.69, 9.17) is 9.47 Å². The Bertz CT molecular complexity index is 1360. The number of anilines is 1. The molecule has 4 aromatic rings. The molecule has 9 heteroatoms. The quantitative estimate of drug-likeness (QED) is 0.301. The Morgan fingerprint density at radius 2 is 1.70 bits per heavy atom. The monoisotopic (exact) mass is 516 g/mol. The lowest BCUT2D eigenvalue weighted by Crippen LogP contribution is -2.36. The van der Waals surface area contributed by atoms with Crippen LogP contribution in [0, 0.1) is 0 Å². The van der Waals surface area contributed by atoms with Gasteiger partial charge in [0.15, 0.2) is 0 Å². The minimum atomic E-state index is -0.258. The summed E-state index contributed by atoms with van der Waals surface area (Å²) in [4.78, 5) is 28.1. The molecule has 1 atom stereocenters. The highest BCUT2D eigenvalue weighted by molar-refractivity contribution is 7.18. The van der Waals surface area contributed by atoms with E-state index in [0.29, 0.717) is 27.2 Å². The van der Waals surface area contributed by atoms with Crippen LogP contribution in [0.2, 0.25) is 0 Å². The Morgan fingerprint density at radius 3 is 2.46 bits per heavy atom. The smallest absolute Gasteiger partial charge is 0.258 e. The van der Waals surface area contributed by atoms with E-state index < -0.39 is 0 Å². The van der Waals surface area contributed by atoms with E-state index in [0.717, 1.165) is 11.1 Å². The summed E-state index contributed by atoms with van der Waals surface area (Å²) in [6, 6.07) is 24.0. The number of aromatic nitrogens is 2.